The van der Waals surface area contributed by atoms with Crippen LogP contribution in [-0.2, 0) is 16.0 Å². The van der Waals surface area contributed by atoms with Crippen molar-refractivity contribution in [3.05, 3.63) is 29.6 Å². The van der Waals surface area contributed by atoms with Gasteiger partial charge < -0.3 is 14.7 Å². The van der Waals surface area contributed by atoms with Crippen LogP contribution in [0.1, 0.15) is 12.0 Å². The lowest BCUT2D eigenvalue weighted by atomic mass is 10.1. The van der Waals surface area contributed by atoms with Crippen molar-refractivity contribution in [1.82, 2.24) is 4.90 Å². The first-order valence-corrected chi connectivity index (χ1v) is 5.72. The molecule has 5 nitrogen and oxygen atoms in total. The van der Waals surface area contributed by atoms with Crippen LogP contribution in [0, 0.1) is 5.82 Å². The molecule has 0 saturated heterocycles. The van der Waals surface area contributed by atoms with Gasteiger partial charge in [-0.25, -0.2) is 4.39 Å². The number of rotatable bonds is 6. The third-order valence-corrected chi connectivity index (χ3v) is 2.65. The molecule has 0 fully saturated rings. The Hall–Kier alpha value is -2.11. The highest BCUT2D eigenvalue weighted by Crippen LogP contribution is 2.20. The monoisotopic (exact) mass is 269 g/mol. The Morgan fingerprint density at radius 2 is 2.11 bits per heavy atom. The molecule has 0 aliphatic carbocycles. The molecule has 0 spiro atoms. The maximum absolute atomic E-state index is 13.1. The van der Waals surface area contributed by atoms with Crippen molar-refractivity contribution in [2.24, 2.45) is 0 Å². The summed E-state index contributed by atoms with van der Waals surface area (Å²) in [5.41, 5.74) is 0.583. The van der Waals surface area contributed by atoms with Crippen LogP contribution in [0.25, 0.3) is 0 Å². The number of nitrogens with zero attached hydrogens (tertiary/aromatic N) is 1. The topological polar surface area (TPSA) is 66.8 Å². The number of carboxylic acids is 1. The van der Waals surface area contributed by atoms with Gasteiger partial charge in [0, 0.05) is 13.5 Å². The first-order valence-electron chi connectivity index (χ1n) is 5.72. The molecule has 1 aromatic carbocycles. The zero-order valence-electron chi connectivity index (χ0n) is 10.9. The van der Waals surface area contributed by atoms with Crippen molar-refractivity contribution >= 4 is 11.9 Å². The maximum Gasteiger partial charge on any atom is 0.323 e. The van der Waals surface area contributed by atoms with Gasteiger partial charge >= 0.3 is 5.97 Å². The molecule has 0 heterocycles. The normalized spacial score (nSPS) is 10.1. The van der Waals surface area contributed by atoms with E-state index in [1.54, 1.807) is 0 Å². The van der Waals surface area contributed by atoms with Crippen LogP contribution in [0.15, 0.2) is 18.2 Å². The van der Waals surface area contributed by atoms with Gasteiger partial charge in [0.15, 0.2) is 0 Å². The molecule has 0 atom stereocenters. The summed E-state index contributed by atoms with van der Waals surface area (Å²) < 4.78 is 18.2. The summed E-state index contributed by atoms with van der Waals surface area (Å²) in [5.74, 6) is -1.27. The van der Waals surface area contributed by atoms with E-state index in [9.17, 15) is 14.0 Å². The Kier molecular flexibility index (Phi) is 5.29. The van der Waals surface area contributed by atoms with Gasteiger partial charge in [0.25, 0.3) is 0 Å². The smallest absolute Gasteiger partial charge is 0.323 e. The minimum absolute atomic E-state index is 0.101. The second kappa shape index (κ2) is 6.72. The quantitative estimate of drug-likeness (QED) is 0.845. The Balaban J connectivity index is 2.63. The highest BCUT2D eigenvalue weighted by molar-refractivity contribution is 5.81. The van der Waals surface area contributed by atoms with Gasteiger partial charge in [-0.1, -0.05) is 0 Å². The number of hydrogen-bond donors (Lipinski definition) is 1. The van der Waals surface area contributed by atoms with Gasteiger partial charge in [0.2, 0.25) is 5.91 Å². The molecular weight excluding hydrogens is 253 g/mol. The maximum atomic E-state index is 13.1. The second-order valence-electron chi connectivity index (χ2n) is 4.10. The summed E-state index contributed by atoms with van der Waals surface area (Å²) in [6.07, 6.45) is 0.396. The predicted octanol–water partition coefficient (Wildman–Crippen LogP) is 1.31. The summed E-state index contributed by atoms with van der Waals surface area (Å²) >= 11 is 0. The van der Waals surface area contributed by atoms with Crippen molar-refractivity contribution in [2.75, 3.05) is 20.7 Å². The molecule has 19 heavy (non-hydrogen) atoms. The van der Waals surface area contributed by atoms with Crippen molar-refractivity contribution < 1.29 is 23.8 Å². The van der Waals surface area contributed by atoms with E-state index < -0.39 is 11.8 Å². The standard InChI is InChI=1S/C13H16FNO4/c1-15(8-13(17)18)12(16)6-3-9-7-10(14)4-5-11(9)19-2/h4-5,7H,3,6,8H2,1-2H3,(H,17,18). The van der Waals surface area contributed by atoms with E-state index in [2.05, 4.69) is 0 Å². The van der Waals surface area contributed by atoms with Gasteiger partial charge in [0.1, 0.15) is 18.1 Å². The minimum atomic E-state index is -1.07. The molecule has 0 aliphatic rings. The number of methoxy groups -OCH3 is 1. The molecule has 0 saturated carbocycles. The number of carboxylic acid groups (broad SMARTS) is 1. The minimum Gasteiger partial charge on any atom is -0.496 e. The van der Waals surface area contributed by atoms with Crippen LogP contribution in [-0.4, -0.2) is 42.6 Å². The largest absolute Gasteiger partial charge is 0.496 e. The number of carbonyl (C=O) groups excluding carboxylic acids is 1. The fourth-order valence-electron chi connectivity index (χ4n) is 1.67. The number of ether oxygens (including phenoxy) is 1. The summed E-state index contributed by atoms with van der Waals surface area (Å²) in [4.78, 5) is 23.3. The van der Waals surface area contributed by atoms with Gasteiger partial charge in [-0.2, -0.15) is 0 Å². The van der Waals surface area contributed by atoms with Gasteiger partial charge in [-0.3, -0.25) is 9.59 Å². The van der Waals surface area contributed by atoms with E-state index >= 15 is 0 Å². The average Bonchev–Trinajstić information content (AvgIpc) is 2.35. The summed E-state index contributed by atoms with van der Waals surface area (Å²) in [7, 11) is 2.88. The number of hydrogen-bond acceptors (Lipinski definition) is 3. The van der Waals surface area contributed by atoms with E-state index in [0.717, 1.165) is 4.90 Å². The van der Waals surface area contributed by atoms with Gasteiger partial charge in [-0.05, 0) is 30.2 Å². The molecule has 0 radical (unpaired) electrons. The van der Waals surface area contributed by atoms with Crippen LogP contribution in [0.5, 0.6) is 5.75 Å². The highest BCUT2D eigenvalue weighted by atomic mass is 19.1. The molecular formula is C13H16FNO4. The van der Waals surface area contributed by atoms with E-state index in [0.29, 0.717) is 17.7 Å². The fourth-order valence-corrected chi connectivity index (χ4v) is 1.67. The number of benzene rings is 1. The number of amides is 1. The van der Waals surface area contributed by atoms with E-state index in [1.807, 2.05) is 0 Å². The lowest BCUT2D eigenvalue weighted by Crippen LogP contribution is -2.32. The number of halogens is 1. The highest BCUT2D eigenvalue weighted by Gasteiger charge is 2.13. The van der Waals surface area contributed by atoms with Gasteiger partial charge in [0.05, 0.1) is 7.11 Å². The SMILES string of the molecule is COc1ccc(F)cc1CCC(=O)N(C)CC(=O)O. The number of aliphatic carboxylic acids is 1. The Labute approximate surface area is 110 Å². The van der Waals surface area contributed by atoms with Crippen LogP contribution >= 0.6 is 0 Å². The van der Waals surface area contributed by atoms with Crippen molar-refractivity contribution in [3.63, 3.8) is 0 Å². The van der Waals surface area contributed by atoms with Crippen LogP contribution in [0.2, 0.25) is 0 Å². The fraction of sp³-hybridized carbons (Fsp3) is 0.385. The Bertz CT molecular complexity index is 476. The second-order valence-corrected chi connectivity index (χ2v) is 4.10. The van der Waals surface area contributed by atoms with E-state index in [4.69, 9.17) is 9.84 Å². The molecule has 0 bridgehead atoms. The molecule has 0 aliphatic heterocycles. The first kappa shape index (κ1) is 14.9. The third-order valence-electron chi connectivity index (χ3n) is 2.65. The first-order chi connectivity index (χ1) is 8.93. The molecule has 1 aromatic rings. The number of likely N-dealkylation sites (N-methyl/N-ethyl adjacent to an activating group) is 1. The summed E-state index contributed by atoms with van der Waals surface area (Å²) in [6, 6.07) is 4.08. The molecule has 1 amide bonds. The van der Waals surface area contributed by atoms with Crippen molar-refractivity contribution in [2.45, 2.75) is 12.8 Å². The van der Waals surface area contributed by atoms with Crippen LogP contribution in [0.4, 0.5) is 4.39 Å². The van der Waals surface area contributed by atoms with Gasteiger partial charge in [-0.15, -0.1) is 0 Å². The van der Waals surface area contributed by atoms with Crippen molar-refractivity contribution in [3.8, 4) is 5.75 Å². The third kappa shape index (κ3) is 4.57. The predicted molar refractivity (Wildman–Crippen MR) is 66.5 cm³/mol. The number of aryl methyl sites for hydroxylation is 1. The Morgan fingerprint density at radius 3 is 2.68 bits per heavy atom. The molecule has 0 aromatic heterocycles. The van der Waals surface area contributed by atoms with E-state index in [1.165, 1.54) is 32.4 Å². The average molecular weight is 269 g/mol. The van der Waals surface area contributed by atoms with E-state index in [-0.39, 0.29) is 18.9 Å². The molecule has 1 N–H and O–H groups in total. The number of carbonyl (C=O) groups is 2. The molecule has 6 heteroatoms. The zero-order chi connectivity index (χ0) is 14.4. The molecule has 0 unspecified atom stereocenters. The summed E-state index contributed by atoms with van der Waals surface area (Å²) in [5, 5.41) is 8.57. The Morgan fingerprint density at radius 1 is 1.42 bits per heavy atom. The van der Waals surface area contributed by atoms with Crippen molar-refractivity contribution in [1.29, 1.82) is 0 Å². The van der Waals surface area contributed by atoms with Crippen LogP contribution < -0.4 is 4.74 Å². The molecule has 104 valence electrons. The lowest BCUT2D eigenvalue weighted by Gasteiger charge is -2.15. The molecule has 1 rings (SSSR count). The lowest BCUT2D eigenvalue weighted by molar-refractivity contribution is -0.143. The van der Waals surface area contributed by atoms with Crippen LogP contribution in [0.3, 0.4) is 0 Å². The zero-order valence-corrected chi connectivity index (χ0v) is 10.9. The summed E-state index contributed by atoms with van der Waals surface area (Å²) in [6.45, 7) is -0.348.